The summed E-state index contributed by atoms with van der Waals surface area (Å²) in [5.41, 5.74) is 6.36. The number of hydrogen-bond acceptors (Lipinski definition) is 3. The van der Waals surface area contributed by atoms with Gasteiger partial charge in [-0.3, -0.25) is 0 Å². The second-order valence-electron chi connectivity index (χ2n) is 4.70. The van der Waals surface area contributed by atoms with Crippen LogP contribution in [0, 0.1) is 5.92 Å². The van der Waals surface area contributed by atoms with Gasteiger partial charge >= 0.3 is 0 Å². The Balaban J connectivity index is 2.09. The van der Waals surface area contributed by atoms with E-state index in [0.717, 1.165) is 23.8 Å². The largest absolute Gasteiger partial charge is 0.319 e. The lowest BCUT2D eigenvalue weighted by atomic mass is 9.91. The van der Waals surface area contributed by atoms with Crippen LogP contribution in [0.1, 0.15) is 50.5 Å². The van der Waals surface area contributed by atoms with Crippen LogP contribution < -0.4 is 5.73 Å². The summed E-state index contributed by atoms with van der Waals surface area (Å²) >= 11 is 1.71. The summed E-state index contributed by atoms with van der Waals surface area (Å²) in [6, 6.07) is 0. The molecule has 84 valence electrons. The normalized spacial score (nSPS) is 32.5. The van der Waals surface area contributed by atoms with E-state index in [1.807, 2.05) is 11.6 Å². The van der Waals surface area contributed by atoms with Crippen LogP contribution in [0.2, 0.25) is 0 Å². The maximum absolute atomic E-state index is 6.49. The van der Waals surface area contributed by atoms with Crippen LogP contribution in [0.4, 0.5) is 0 Å². The highest BCUT2D eigenvalue weighted by molar-refractivity contribution is 7.09. The molecule has 2 rings (SSSR count). The molecule has 1 aromatic heterocycles. The molecule has 2 N–H and O–H groups in total. The van der Waals surface area contributed by atoms with Crippen molar-refractivity contribution in [3.05, 3.63) is 16.6 Å². The lowest BCUT2D eigenvalue weighted by Gasteiger charge is -2.25. The fraction of sp³-hybridized carbons (Fsp3) is 0.750. The van der Waals surface area contributed by atoms with E-state index in [2.05, 4.69) is 11.9 Å². The molecular weight excluding hydrogens is 204 g/mol. The molecule has 1 aromatic rings. The van der Waals surface area contributed by atoms with Crippen molar-refractivity contribution in [1.29, 1.82) is 0 Å². The second kappa shape index (κ2) is 4.62. The maximum Gasteiger partial charge on any atom is 0.112 e. The summed E-state index contributed by atoms with van der Waals surface area (Å²) in [4.78, 5) is 4.40. The first-order chi connectivity index (χ1) is 7.24. The molecule has 1 fully saturated rings. The monoisotopic (exact) mass is 224 g/mol. The van der Waals surface area contributed by atoms with E-state index in [1.54, 1.807) is 11.3 Å². The van der Waals surface area contributed by atoms with Crippen molar-refractivity contribution in [2.45, 2.75) is 51.0 Å². The number of nitrogens with zero attached hydrogens (tertiary/aromatic N) is 1. The minimum absolute atomic E-state index is 0.127. The molecule has 1 aliphatic carbocycles. The minimum Gasteiger partial charge on any atom is -0.319 e. The third-order valence-corrected chi connectivity index (χ3v) is 4.66. The predicted molar refractivity (Wildman–Crippen MR) is 64.8 cm³/mol. The summed E-state index contributed by atoms with van der Waals surface area (Å²) < 4.78 is 0. The van der Waals surface area contributed by atoms with Gasteiger partial charge in [0.05, 0.1) is 5.54 Å². The Morgan fingerprint density at radius 1 is 1.53 bits per heavy atom. The smallest absolute Gasteiger partial charge is 0.112 e. The average Bonchev–Trinajstić information content (AvgIpc) is 2.71. The van der Waals surface area contributed by atoms with Gasteiger partial charge in [0.1, 0.15) is 5.01 Å². The zero-order valence-corrected chi connectivity index (χ0v) is 10.2. The first-order valence-electron chi connectivity index (χ1n) is 5.93. The Labute approximate surface area is 95.9 Å². The lowest BCUT2D eigenvalue weighted by Crippen LogP contribution is -2.35. The number of rotatable bonds is 2. The fourth-order valence-corrected chi connectivity index (χ4v) is 3.34. The van der Waals surface area contributed by atoms with Gasteiger partial charge in [-0.25, -0.2) is 4.98 Å². The molecule has 0 aromatic carbocycles. The highest BCUT2D eigenvalue weighted by Gasteiger charge is 2.32. The van der Waals surface area contributed by atoms with Crippen molar-refractivity contribution < 1.29 is 0 Å². The number of hydrogen-bond donors (Lipinski definition) is 1. The highest BCUT2D eigenvalue weighted by atomic mass is 32.1. The Bertz CT molecular complexity index is 297. The van der Waals surface area contributed by atoms with Crippen molar-refractivity contribution in [2.75, 3.05) is 0 Å². The van der Waals surface area contributed by atoms with Gasteiger partial charge in [-0.2, -0.15) is 0 Å². The van der Waals surface area contributed by atoms with Gasteiger partial charge in [0.25, 0.3) is 0 Å². The molecule has 0 bridgehead atoms. The Morgan fingerprint density at radius 3 is 3.07 bits per heavy atom. The zero-order chi connectivity index (χ0) is 10.7. The molecule has 0 saturated heterocycles. The van der Waals surface area contributed by atoms with Crippen LogP contribution in [0.15, 0.2) is 11.6 Å². The molecule has 1 aliphatic rings. The Morgan fingerprint density at radius 2 is 2.40 bits per heavy atom. The Kier molecular flexibility index (Phi) is 3.42. The molecular formula is C12H20N2S. The van der Waals surface area contributed by atoms with Crippen LogP contribution in [0.25, 0.3) is 0 Å². The van der Waals surface area contributed by atoms with Gasteiger partial charge in [-0.05, 0) is 25.2 Å². The summed E-state index contributed by atoms with van der Waals surface area (Å²) in [5.74, 6) is 0.885. The van der Waals surface area contributed by atoms with Crippen LogP contribution >= 0.6 is 11.3 Å². The first kappa shape index (κ1) is 11.1. The van der Waals surface area contributed by atoms with Crippen molar-refractivity contribution >= 4 is 11.3 Å². The van der Waals surface area contributed by atoms with E-state index in [4.69, 9.17) is 5.73 Å². The molecule has 0 amide bonds. The van der Waals surface area contributed by atoms with Gasteiger partial charge in [-0.15, -0.1) is 11.3 Å². The molecule has 3 heteroatoms. The summed E-state index contributed by atoms with van der Waals surface area (Å²) in [5, 5.41) is 3.17. The number of thiazole rings is 1. The summed E-state index contributed by atoms with van der Waals surface area (Å²) in [7, 11) is 0. The van der Waals surface area contributed by atoms with E-state index in [9.17, 15) is 0 Å². The van der Waals surface area contributed by atoms with E-state index in [-0.39, 0.29) is 5.54 Å². The summed E-state index contributed by atoms with van der Waals surface area (Å²) in [6.07, 6.45) is 9.27. The molecule has 1 heterocycles. The lowest BCUT2D eigenvalue weighted by molar-refractivity contribution is 0.370. The van der Waals surface area contributed by atoms with Crippen LogP contribution in [-0.2, 0) is 5.54 Å². The molecule has 0 radical (unpaired) electrons. The topological polar surface area (TPSA) is 38.9 Å². The minimum atomic E-state index is -0.127. The van der Waals surface area contributed by atoms with Gasteiger partial charge in [0.2, 0.25) is 0 Å². The van der Waals surface area contributed by atoms with Gasteiger partial charge < -0.3 is 5.73 Å². The molecule has 0 spiro atoms. The van der Waals surface area contributed by atoms with Crippen molar-refractivity contribution in [3.63, 3.8) is 0 Å². The fourth-order valence-electron chi connectivity index (χ4n) is 2.53. The third kappa shape index (κ3) is 2.40. The standard InChI is InChI=1S/C12H20N2S/c1-2-10-4-3-6-12(13,7-5-10)11-14-8-9-15-11/h8-10H,2-7,13H2,1H3. The summed E-state index contributed by atoms with van der Waals surface area (Å²) in [6.45, 7) is 2.29. The molecule has 1 saturated carbocycles. The van der Waals surface area contributed by atoms with Crippen LogP contribution in [0.3, 0.4) is 0 Å². The molecule has 2 atom stereocenters. The Hall–Kier alpha value is -0.410. The van der Waals surface area contributed by atoms with E-state index in [0.29, 0.717) is 0 Å². The maximum atomic E-state index is 6.49. The highest BCUT2D eigenvalue weighted by Crippen LogP contribution is 2.37. The van der Waals surface area contributed by atoms with E-state index < -0.39 is 0 Å². The first-order valence-corrected chi connectivity index (χ1v) is 6.81. The van der Waals surface area contributed by atoms with Gasteiger partial charge in [-0.1, -0.05) is 26.2 Å². The van der Waals surface area contributed by atoms with Crippen molar-refractivity contribution in [1.82, 2.24) is 4.98 Å². The van der Waals surface area contributed by atoms with Crippen LogP contribution in [-0.4, -0.2) is 4.98 Å². The average molecular weight is 224 g/mol. The third-order valence-electron chi connectivity index (χ3n) is 3.67. The van der Waals surface area contributed by atoms with Crippen molar-refractivity contribution in [2.24, 2.45) is 11.7 Å². The quantitative estimate of drug-likeness (QED) is 0.783. The zero-order valence-electron chi connectivity index (χ0n) is 9.41. The SMILES string of the molecule is CCC1CCCC(N)(c2nccs2)CC1. The molecule has 0 aliphatic heterocycles. The number of nitrogens with two attached hydrogens (primary N) is 1. The van der Waals surface area contributed by atoms with Gasteiger partial charge in [0, 0.05) is 11.6 Å². The van der Waals surface area contributed by atoms with Gasteiger partial charge in [0.15, 0.2) is 0 Å². The second-order valence-corrected chi connectivity index (χ2v) is 5.59. The number of aromatic nitrogens is 1. The van der Waals surface area contributed by atoms with E-state index >= 15 is 0 Å². The van der Waals surface area contributed by atoms with E-state index in [1.165, 1.54) is 25.7 Å². The van der Waals surface area contributed by atoms with Crippen LogP contribution in [0.5, 0.6) is 0 Å². The predicted octanol–water partition coefficient (Wildman–Crippen LogP) is 3.29. The molecule has 2 nitrogen and oxygen atoms in total. The molecule has 2 unspecified atom stereocenters. The van der Waals surface area contributed by atoms with Crippen molar-refractivity contribution in [3.8, 4) is 0 Å². The molecule has 15 heavy (non-hydrogen) atoms.